The minimum atomic E-state index is -0.277. The van der Waals surface area contributed by atoms with E-state index in [0.29, 0.717) is 11.5 Å². The molecule has 1 N–H and O–H groups in total. The van der Waals surface area contributed by atoms with Gasteiger partial charge in [0, 0.05) is 11.1 Å². The Labute approximate surface area is 166 Å². The van der Waals surface area contributed by atoms with Crippen LogP contribution < -0.4 is 5.32 Å². The zero-order valence-electron chi connectivity index (χ0n) is 17.1. The Balaban J connectivity index is 2.04. The number of rotatable bonds is 6. The van der Waals surface area contributed by atoms with Crippen molar-refractivity contribution in [3.63, 3.8) is 0 Å². The number of nitrogens with one attached hydrogen (secondary N) is 1. The van der Waals surface area contributed by atoms with Crippen molar-refractivity contribution in [3.8, 4) is 16.8 Å². The van der Waals surface area contributed by atoms with E-state index in [1.54, 1.807) is 4.68 Å². The van der Waals surface area contributed by atoms with Crippen molar-refractivity contribution in [1.29, 1.82) is 0 Å². The van der Waals surface area contributed by atoms with E-state index in [2.05, 4.69) is 65.9 Å². The first-order valence-electron chi connectivity index (χ1n) is 9.60. The number of amides is 1. The molecule has 146 valence electrons. The van der Waals surface area contributed by atoms with Gasteiger partial charge in [0.15, 0.2) is 0 Å². The lowest BCUT2D eigenvalue weighted by molar-refractivity contribution is 0.0911. The van der Waals surface area contributed by atoms with Crippen LogP contribution >= 0.6 is 0 Å². The average Bonchev–Trinajstić information content (AvgIpc) is 3.22. The molecule has 1 aromatic heterocycles. The molecule has 0 aliphatic carbocycles. The SMILES string of the molecule is CCC(C)(C)NC(=O)c1cc(-c2ccc(C(C)C)cc2)cc(-n2cnnn2)c1. The first-order valence-corrected chi connectivity index (χ1v) is 9.60. The minimum Gasteiger partial charge on any atom is -0.347 e. The Bertz CT molecular complexity index is 944. The van der Waals surface area contributed by atoms with Crippen LogP contribution in [-0.2, 0) is 0 Å². The highest BCUT2D eigenvalue weighted by Gasteiger charge is 2.20. The van der Waals surface area contributed by atoms with Crippen molar-refractivity contribution in [2.24, 2.45) is 0 Å². The van der Waals surface area contributed by atoms with Gasteiger partial charge >= 0.3 is 0 Å². The molecule has 0 spiro atoms. The summed E-state index contributed by atoms with van der Waals surface area (Å²) in [5.41, 5.74) is 4.32. The minimum absolute atomic E-state index is 0.109. The van der Waals surface area contributed by atoms with E-state index in [-0.39, 0.29) is 11.4 Å². The number of carbonyl (C=O) groups excluding carboxylic acids is 1. The van der Waals surface area contributed by atoms with Crippen LogP contribution in [0.1, 0.15) is 62.9 Å². The standard InChI is InChI=1S/C22H27N5O/c1-6-22(4,5)24-21(28)19-11-18(12-20(13-19)27-14-23-25-26-27)17-9-7-16(8-10-17)15(2)3/h7-15H,6H2,1-5H3,(H,24,28). The molecule has 0 radical (unpaired) electrons. The third-order valence-electron chi connectivity index (χ3n) is 5.04. The Morgan fingerprint density at radius 3 is 2.39 bits per heavy atom. The van der Waals surface area contributed by atoms with E-state index in [4.69, 9.17) is 0 Å². The van der Waals surface area contributed by atoms with Gasteiger partial charge < -0.3 is 5.32 Å². The second-order valence-electron chi connectivity index (χ2n) is 7.99. The van der Waals surface area contributed by atoms with Crippen LogP contribution in [0.2, 0.25) is 0 Å². The maximum Gasteiger partial charge on any atom is 0.251 e. The van der Waals surface area contributed by atoms with Gasteiger partial charge in [0.1, 0.15) is 6.33 Å². The summed E-state index contributed by atoms with van der Waals surface area (Å²) < 4.78 is 1.56. The van der Waals surface area contributed by atoms with Gasteiger partial charge in [-0.05, 0) is 71.5 Å². The molecular formula is C22H27N5O. The molecule has 0 aliphatic heterocycles. The number of benzene rings is 2. The maximum absolute atomic E-state index is 12.9. The van der Waals surface area contributed by atoms with Crippen molar-refractivity contribution in [2.75, 3.05) is 0 Å². The molecular weight excluding hydrogens is 350 g/mol. The third kappa shape index (κ3) is 4.44. The molecule has 3 rings (SSSR count). The van der Waals surface area contributed by atoms with Crippen molar-refractivity contribution in [1.82, 2.24) is 25.5 Å². The number of hydrogen-bond donors (Lipinski definition) is 1. The smallest absolute Gasteiger partial charge is 0.251 e. The van der Waals surface area contributed by atoms with Crippen LogP contribution in [0.3, 0.4) is 0 Å². The summed E-state index contributed by atoms with van der Waals surface area (Å²) in [6.07, 6.45) is 2.37. The largest absolute Gasteiger partial charge is 0.347 e. The zero-order valence-corrected chi connectivity index (χ0v) is 17.1. The average molecular weight is 377 g/mol. The molecule has 0 saturated carbocycles. The highest BCUT2D eigenvalue weighted by molar-refractivity contribution is 5.96. The first kappa shape index (κ1) is 19.7. The fraction of sp³-hybridized carbons (Fsp3) is 0.364. The van der Waals surface area contributed by atoms with Gasteiger partial charge in [0.25, 0.3) is 5.91 Å². The zero-order chi connectivity index (χ0) is 20.3. The Morgan fingerprint density at radius 1 is 1.11 bits per heavy atom. The van der Waals surface area contributed by atoms with Gasteiger partial charge in [0.05, 0.1) is 5.69 Å². The normalized spacial score (nSPS) is 11.6. The molecule has 0 atom stereocenters. The van der Waals surface area contributed by atoms with Gasteiger partial charge in [-0.1, -0.05) is 45.0 Å². The summed E-state index contributed by atoms with van der Waals surface area (Å²) in [5, 5.41) is 14.5. The van der Waals surface area contributed by atoms with E-state index in [1.165, 1.54) is 11.9 Å². The van der Waals surface area contributed by atoms with E-state index < -0.39 is 0 Å². The molecule has 6 nitrogen and oxygen atoms in total. The Kier molecular flexibility index (Phi) is 5.58. The Hall–Kier alpha value is -3.02. The second-order valence-corrected chi connectivity index (χ2v) is 7.99. The number of nitrogens with zero attached hydrogens (tertiary/aromatic N) is 4. The lowest BCUT2D eigenvalue weighted by Crippen LogP contribution is -2.42. The molecule has 28 heavy (non-hydrogen) atoms. The highest BCUT2D eigenvalue weighted by Crippen LogP contribution is 2.26. The van der Waals surface area contributed by atoms with Crippen LogP contribution in [0.25, 0.3) is 16.8 Å². The molecule has 1 amide bonds. The summed E-state index contributed by atoms with van der Waals surface area (Å²) in [5.74, 6) is 0.362. The van der Waals surface area contributed by atoms with E-state index in [0.717, 1.165) is 23.2 Å². The quantitative estimate of drug-likeness (QED) is 0.692. The van der Waals surface area contributed by atoms with Crippen LogP contribution in [-0.4, -0.2) is 31.7 Å². The van der Waals surface area contributed by atoms with Gasteiger partial charge in [-0.15, -0.1) is 5.10 Å². The molecule has 0 fully saturated rings. The number of hydrogen-bond acceptors (Lipinski definition) is 4. The van der Waals surface area contributed by atoms with Crippen LogP contribution in [0.5, 0.6) is 0 Å². The Morgan fingerprint density at radius 2 is 1.82 bits per heavy atom. The molecule has 3 aromatic rings. The molecule has 1 heterocycles. The van der Waals surface area contributed by atoms with Gasteiger partial charge in [-0.3, -0.25) is 4.79 Å². The van der Waals surface area contributed by atoms with Crippen molar-refractivity contribution < 1.29 is 4.79 Å². The van der Waals surface area contributed by atoms with Crippen molar-refractivity contribution in [3.05, 3.63) is 59.9 Å². The van der Waals surface area contributed by atoms with Crippen LogP contribution in [0.4, 0.5) is 0 Å². The molecule has 2 aromatic carbocycles. The predicted molar refractivity (Wildman–Crippen MR) is 111 cm³/mol. The van der Waals surface area contributed by atoms with E-state index in [1.807, 2.05) is 32.0 Å². The van der Waals surface area contributed by atoms with Gasteiger partial charge in [0.2, 0.25) is 0 Å². The maximum atomic E-state index is 12.9. The van der Waals surface area contributed by atoms with Crippen molar-refractivity contribution in [2.45, 2.75) is 52.5 Å². The number of aromatic nitrogens is 4. The lowest BCUT2D eigenvalue weighted by Gasteiger charge is -2.24. The topological polar surface area (TPSA) is 72.7 Å². The van der Waals surface area contributed by atoms with Crippen LogP contribution in [0, 0.1) is 0 Å². The summed E-state index contributed by atoms with van der Waals surface area (Å²) in [4.78, 5) is 12.9. The fourth-order valence-electron chi connectivity index (χ4n) is 2.85. The monoisotopic (exact) mass is 377 g/mol. The fourth-order valence-corrected chi connectivity index (χ4v) is 2.85. The summed E-state index contributed by atoms with van der Waals surface area (Å²) >= 11 is 0. The predicted octanol–water partition coefficient (Wildman–Crippen LogP) is 4.37. The highest BCUT2D eigenvalue weighted by atomic mass is 16.1. The van der Waals surface area contributed by atoms with E-state index in [9.17, 15) is 4.79 Å². The molecule has 0 unspecified atom stereocenters. The summed E-state index contributed by atoms with van der Waals surface area (Å²) in [6.45, 7) is 10.4. The first-order chi connectivity index (χ1) is 13.3. The summed E-state index contributed by atoms with van der Waals surface area (Å²) in [7, 11) is 0. The third-order valence-corrected chi connectivity index (χ3v) is 5.04. The lowest BCUT2D eigenvalue weighted by atomic mass is 9.96. The van der Waals surface area contributed by atoms with Gasteiger partial charge in [-0.25, -0.2) is 4.68 Å². The van der Waals surface area contributed by atoms with Crippen molar-refractivity contribution >= 4 is 5.91 Å². The number of tetrazole rings is 1. The molecule has 0 bridgehead atoms. The number of carbonyl (C=O) groups is 1. The summed E-state index contributed by atoms with van der Waals surface area (Å²) in [6, 6.07) is 14.1. The molecule has 0 saturated heterocycles. The molecule has 0 aliphatic rings. The van der Waals surface area contributed by atoms with Crippen LogP contribution in [0.15, 0.2) is 48.8 Å². The molecule has 6 heteroatoms. The van der Waals surface area contributed by atoms with Gasteiger partial charge in [-0.2, -0.15) is 0 Å². The van der Waals surface area contributed by atoms with E-state index >= 15 is 0 Å². The second kappa shape index (κ2) is 7.92.